The molecule has 0 bridgehead atoms. The average molecular weight is 486 g/mol. The van der Waals surface area contributed by atoms with Crippen molar-refractivity contribution >= 4 is 41.1 Å². The predicted octanol–water partition coefficient (Wildman–Crippen LogP) is 5.09. The van der Waals surface area contributed by atoms with E-state index in [-0.39, 0.29) is 5.70 Å². The molecule has 1 aromatic heterocycles. The summed E-state index contributed by atoms with van der Waals surface area (Å²) in [6, 6.07) is 17.2. The van der Waals surface area contributed by atoms with E-state index in [1.54, 1.807) is 54.6 Å². The first kappa shape index (κ1) is 24.6. The highest BCUT2D eigenvalue weighted by molar-refractivity contribution is 6.36. The molecule has 0 aliphatic rings. The van der Waals surface area contributed by atoms with E-state index in [9.17, 15) is 9.59 Å². The van der Waals surface area contributed by atoms with Gasteiger partial charge in [-0.3, -0.25) is 9.59 Å². The van der Waals surface area contributed by atoms with Gasteiger partial charge in [-0.05, 0) is 69.5 Å². The van der Waals surface area contributed by atoms with E-state index in [2.05, 4.69) is 10.6 Å². The summed E-state index contributed by atoms with van der Waals surface area (Å²) in [5.74, 6) is 0.115. The van der Waals surface area contributed by atoms with Crippen LogP contribution in [0.1, 0.15) is 22.5 Å². The Balaban J connectivity index is 1.82. The summed E-state index contributed by atoms with van der Waals surface area (Å²) in [5, 5.41) is 6.51. The molecule has 0 radical (unpaired) electrons. The van der Waals surface area contributed by atoms with Gasteiger partial charge >= 0.3 is 0 Å². The molecule has 33 heavy (non-hydrogen) atoms. The summed E-state index contributed by atoms with van der Waals surface area (Å²) in [4.78, 5) is 27.5. The van der Waals surface area contributed by atoms with Crippen molar-refractivity contribution < 1.29 is 14.0 Å². The van der Waals surface area contributed by atoms with Gasteiger partial charge in [0.15, 0.2) is 0 Å². The topological polar surface area (TPSA) is 74.6 Å². The van der Waals surface area contributed by atoms with Crippen LogP contribution in [0.4, 0.5) is 0 Å². The lowest BCUT2D eigenvalue weighted by Crippen LogP contribution is -2.36. The molecule has 8 heteroatoms. The van der Waals surface area contributed by atoms with E-state index >= 15 is 0 Å². The fourth-order valence-corrected chi connectivity index (χ4v) is 3.54. The van der Waals surface area contributed by atoms with Gasteiger partial charge in [-0.25, -0.2) is 0 Å². The van der Waals surface area contributed by atoms with Gasteiger partial charge in [-0.1, -0.05) is 41.4 Å². The van der Waals surface area contributed by atoms with Crippen LogP contribution in [0.25, 0.3) is 17.4 Å². The third-order valence-corrected chi connectivity index (χ3v) is 5.25. The van der Waals surface area contributed by atoms with Crippen molar-refractivity contribution in [3.05, 3.63) is 87.7 Å². The molecule has 0 saturated heterocycles. The van der Waals surface area contributed by atoms with Crippen LogP contribution < -0.4 is 10.6 Å². The number of carbonyl (C=O) groups excluding carboxylic acids is 2. The molecule has 0 aliphatic carbocycles. The highest BCUT2D eigenvalue weighted by Crippen LogP contribution is 2.31. The van der Waals surface area contributed by atoms with Gasteiger partial charge in [-0.15, -0.1) is 0 Å². The van der Waals surface area contributed by atoms with E-state index in [4.69, 9.17) is 27.6 Å². The van der Waals surface area contributed by atoms with Crippen LogP contribution in [-0.2, 0) is 4.79 Å². The summed E-state index contributed by atoms with van der Waals surface area (Å²) in [6.07, 6.45) is 2.27. The average Bonchev–Trinajstić information content (AvgIpc) is 3.24. The molecule has 172 valence electrons. The van der Waals surface area contributed by atoms with Crippen molar-refractivity contribution in [2.75, 3.05) is 27.2 Å². The van der Waals surface area contributed by atoms with Crippen LogP contribution in [0.2, 0.25) is 10.0 Å². The van der Waals surface area contributed by atoms with Gasteiger partial charge in [-0.2, -0.15) is 0 Å². The Bertz CT molecular complexity index is 1140. The number of hydrogen-bond donors (Lipinski definition) is 2. The Kier molecular flexibility index (Phi) is 8.72. The molecular formula is C25H25Cl2N3O3. The minimum atomic E-state index is -0.402. The van der Waals surface area contributed by atoms with E-state index < -0.39 is 11.8 Å². The van der Waals surface area contributed by atoms with Crippen LogP contribution in [0.15, 0.2) is 70.8 Å². The number of furan rings is 1. The maximum absolute atomic E-state index is 12.8. The largest absolute Gasteiger partial charge is 0.457 e. The Morgan fingerprint density at radius 2 is 1.79 bits per heavy atom. The number of benzene rings is 2. The molecule has 0 atom stereocenters. The Morgan fingerprint density at radius 3 is 2.48 bits per heavy atom. The zero-order valence-electron chi connectivity index (χ0n) is 18.4. The summed E-state index contributed by atoms with van der Waals surface area (Å²) >= 11 is 12.2. The lowest BCUT2D eigenvalue weighted by Gasteiger charge is -2.12. The highest BCUT2D eigenvalue weighted by atomic mass is 35.5. The first-order valence-corrected chi connectivity index (χ1v) is 11.2. The third kappa shape index (κ3) is 7.22. The number of nitrogens with zero attached hydrogens (tertiary/aromatic N) is 1. The van der Waals surface area contributed by atoms with E-state index in [1.807, 2.05) is 25.1 Å². The van der Waals surface area contributed by atoms with Gasteiger partial charge in [0, 0.05) is 28.8 Å². The van der Waals surface area contributed by atoms with E-state index in [0.717, 1.165) is 13.0 Å². The Hall–Kier alpha value is -3.06. The zero-order chi connectivity index (χ0) is 23.8. The van der Waals surface area contributed by atoms with Crippen molar-refractivity contribution in [1.29, 1.82) is 0 Å². The van der Waals surface area contributed by atoms with Crippen LogP contribution in [0, 0.1) is 0 Å². The molecule has 1 heterocycles. The third-order valence-electron chi connectivity index (χ3n) is 4.71. The Labute approximate surface area is 203 Å². The summed E-state index contributed by atoms with van der Waals surface area (Å²) < 4.78 is 5.87. The molecule has 2 N–H and O–H groups in total. The Morgan fingerprint density at radius 1 is 1.03 bits per heavy atom. The minimum Gasteiger partial charge on any atom is -0.457 e. The van der Waals surface area contributed by atoms with E-state index in [0.29, 0.717) is 39.2 Å². The fourth-order valence-electron chi connectivity index (χ4n) is 3.04. The van der Waals surface area contributed by atoms with Gasteiger partial charge in [0.1, 0.15) is 17.2 Å². The van der Waals surface area contributed by atoms with Crippen LogP contribution in [0.3, 0.4) is 0 Å². The number of amides is 2. The molecule has 0 unspecified atom stereocenters. The minimum absolute atomic E-state index is 0.0804. The smallest absolute Gasteiger partial charge is 0.267 e. The van der Waals surface area contributed by atoms with Gasteiger partial charge in [0.2, 0.25) is 0 Å². The molecule has 3 rings (SSSR count). The molecule has 6 nitrogen and oxygen atoms in total. The fraction of sp³-hybridized carbons (Fsp3) is 0.200. The standard InChI is InChI=1S/C25H25Cl2N3O3/c1-30(2)14-6-13-28-25(32)22(29-24(31)17-7-4-3-5-8-17)16-19-10-12-23(33-19)20-11-9-18(26)15-21(20)27/h3-5,7-12,15-16H,6,13-14H2,1-2H3,(H,28,32)(H,29,31)/b22-16+. The number of halogens is 2. The lowest BCUT2D eigenvalue weighted by atomic mass is 10.2. The highest BCUT2D eigenvalue weighted by Gasteiger charge is 2.16. The molecule has 2 amide bonds. The van der Waals surface area contributed by atoms with Crippen molar-refractivity contribution in [1.82, 2.24) is 15.5 Å². The quantitative estimate of drug-likeness (QED) is 0.326. The lowest BCUT2D eigenvalue weighted by molar-refractivity contribution is -0.117. The predicted molar refractivity (Wildman–Crippen MR) is 132 cm³/mol. The molecule has 0 fully saturated rings. The van der Waals surface area contributed by atoms with Gasteiger partial charge < -0.3 is 20.0 Å². The zero-order valence-corrected chi connectivity index (χ0v) is 19.9. The summed E-state index contributed by atoms with van der Waals surface area (Å²) in [5.41, 5.74) is 1.19. The second kappa shape index (κ2) is 11.7. The molecule has 0 aliphatic heterocycles. The number of rotatable bonds is 9. The van der Waals surface area contributed by atoms with Gasteiger partial charge in [0.05, 0.1) is 5.02 Å². The molecule has 0 saturated carbocycles. The SMILES string of the molecule is CN(C)CCCNC(=O)/C(=C\c1ccc(-c2ccc(Cl)cc2Cl)o1)NC(=O)c1ccccc1. The number of hydrogen-bond acceptors (Lipinski definition) is 4. The second-order valence-corrected chi connectivity index (χ2v) is 8.46. The van der Waals surface area contributed by atoms with Crippen molar-refractivity contribution in [2.45, 2.75) is 6.42 Å². The maximum atomic E-state index is 12.8. The summed E-state index contributed by atoms with van der Waals surface area (Å²) in [6.45, 7) is 1.30. The van der Waals surface area contributed by atoms with Crippen LogP contribution >= 0.6 is 23.2 Å². The maximum Gasteiger partial charge on any atom is 0.267 e. The number of carbonyl (C=O) groups is 2. The van der Waals surface area contributed by atoms with Crippen LogP contribution in [-0.4, -0.2) is 43.9 Å². The first-order valence-electron chi connectivity index (χ1n) is 10.4. The molecule has 3 aromatic rings. The van der Waals surface area contributed by atoms with Crippen LogP contribution in [0.5, 0.6) is 0 Å². The second-order valence-electron chi connectivity index (χ2n) is 7.62. The molecule has 0 spiro atoms. The summed E-state index contributed by atoms with van der Waals surface area (Å²) in [7, 11) is 3.93. The first-order chi connectivity index (χ1) is 15.8. The number of nitrogens with one attached hydrogen (secondary N) is 2. The van der Waals surface area contributed by atoms with E-state index in [1.165, 1.54) is 6.08 Å². The van der Waals surface area contributed by atoms with Crippen molar-refractivity contribution in [3.63, 3.8) is 0 Å². The molecular weight excluding hydrogens is 461 g/mol. The van der Waals surface area contributed by atoms with Crippen molar-refractivity contribution in [2.24, 2.45) is 0 Å². The normalized spacial score (nSPS) is 11.5. The van der Waals surface area contributed by atoms with Gasteiger partial charge in [0.25, 0.3) is 11.8 Å². The monoisotopic (exact) mass is 485 g/mol. The molecule has 2 aromatic carbocycles. The van der Waals surface area contributed by atoms with Crippen molar-refractivity contribution in [3.8, 4) is 11.3 Å².